The molecule has 0 aromatic rings. The van der Waals surface area contributed by atoms with Crippen LogP contribution >= 0.6 is 0 Å². The van der Waals surface area contributed by atoms with Gasteiger partial charge >= 0.3 is 0 Å². The molecule has 0 saturated heterocycles. The number of rotatable bonds is 7. The number of nitrogens with one attached hydrogen (secondary N) is 2. The minimum absolute atomic E-state index is 0.208. The number of carbonyl (C=O) groups is 1. The van der Waals surface area contributed by atoms with Crippen LogP contribution < -0.4 is 10.6 Å². The van der Waals surface area contributed by atoms with Gasteiger partial charge in [0.05, 0.1) is 6.07 Å². The van der Waals surface area contributed by atoms with Crippen LogP contribution in [0.15, 0.2) is 0 Å². The van der Waals surface area contributed by atoms with E-state index in [2.05, 4.69) is 16.7 Å². The Balaban J connectivity index is 1.49. The fourth-order valence-electron chi connectivity index (χ4n) is 1.88. The van der Waals surface area contributed by atoms with Crippen LogP contribution in [-0.2, 0) is 4.79 Å². The van der Waals surface area contributed by atoms with Crippen molar-refractivity contribution in [1.82, 2.24) is 10.6 Å². The Hall–Kier alpha value is -1.08. The molecule has 1 amide bonds. The maximum absolute atomic E-state index is 11.3. The first kappa shape index (κ1) is 11.4. The summed E-state index contributed by atoms with van der Waals surface area (Å²) in [5.41, 5.74) is 0.259. The van der Waals surface area contributed by atoms with E-state index >= 15 is 0 Å². The van der Waals surface area contributed by atoms with Crippen molar-refractivity contribution in [3.05, 3.63) is 0 Å². The fraction of sp³-hybridized carbons (Fsp3) is 0.833. The highest BCUT2D eigenvalue weighted by atomic mass is 16.2. The highest BCUT2D eigenvalue weighted by molar-refractivity contribution is 5.80. The van der Waals surface area contributed by atoms with Crippen molar-refractivity contribution >= 4 is 5.91 Å². The lowest BCUT2D eigenvalue weighted by molar-refractivity contribution is -0.122. The van der Waals surface area contributed by atoms with Crippen LogP contribution in [0, 0.1) is 22.7 Å². The van der Waals surface area contributed by atoms with Gasteiger partial charge in [0.15, 0.2) is 0 Å². The largest absolute Gasteiger partial charge is 0.355 e. The van der Waals surface area contributed by atoms with Crippen molar-refractivity contribution in [3.63, 3.8) is 0 Å². The van der Waals surface area contributed by atoms with Gasteiger partial charge < -0.3 is 10.6 Å². The van der Waals surface area contributed by atoms with E-state index in [1.165, 1.54) is 12.8 Å². The molecule has 2 rings (SSSR count). The number of nitriles is 1. The summed E-state index contributed by atoms with van der Waals surface area (Å²) in [7, 11) is 0. The van der Waals surface area contributed by atoms with Gasteiger partial charge in [-0.25, -0.2) is 0 Å². The second-order valence-corrected chi connectivity index (χ2v) is 5.08. The smallest absolute Gasteiger partial charge is 0.223 e. The van der Waals surface area contributed by atoms with Gasteiger partial charge in [0.25, 0.3) is 0 Å². The van der Waals surface area contributed by atoms with Gasteiger partial charge in [-0.15, -0.1) is 0 Å². The van der Waals surface area contributed by atoms with E-state index < -0.39 is 0 Å². The Labute approximate surface area is 96.4 Å². The zero-order valence-electron chi connectivity index (χ0n) is 9.59. The van der Waals surface area contributed by atoms with Crippen molar-refractivity contribution in [2.75, 3.05) is 19.6 Å². The summed E-state index contributed by atoms with van der Waals surface area (Å²) < 4.78 is 0. The molecule has 88 valence electrons. The average molecular weight is 221 g/mol. The van der Waals surface area contributed by atoms with Gasteiger partial charge in [0.1, 0.15) is 0 Å². The van der Waals surface area contributed by atoms with E-state index in [4.69, 9.17) is 5.26 Å². The van der Waals surface area contributed by atoms with Crippen LogP contribution in [-0.4, -0.2) is 25.5 Å². The number of amides is 1. The molecule has 0 bridgehead atoms. The van der Waals surface area contributed by atoms with Gasteiger partial charge in [-0.2, -0.15) is 5.26 Å². The van der Waals surface area contributed by atoms with E-state index in [1.807, 2.05) is 0 Å². The van der Waals surface area contributed by atoms with Crippen molar-refractivity contribution < 1.29 is 4.79 Å². The molecule has 2 N–H and O–H groups in total. The SMILES string of the molecule is N#CCC1(CNCCNC(=O)C2CC2)CC1. The Kier molecular flexibility index (Phi) is 3.45. The molecule has 2 aliphatic carbocycles. The predicted molar refractivity (Wildman–Crippen MR) is 60.5 cm³/mol. The third-order valence-electron chi connectivity index (χ3n) is 3.46. The first-order valence-electron chi connectivity index (χ1n) is 6.11. The minimum Gasteiger partial charge on any atom is -0.355 e. The molecule has 2 aliphatic rings. The Bertz CT molecular complexity index is 300. The summed E-state index contributed by atoms with van der Waals surface area (Å²) in [5.74, 6) is 0.508. The highest BCUT2D eigenvalue weighted by Crippen LogP contribution is 2.47. The minimum atomic E-state index is 0.208. The molecule has 0 unspecified atom stereocenters. The molecule has 2 saturated carbocycles. The van der Waals surface area contributed by atoms with Crippen LogP contribution in [0.1, 0.15) is 32.1 Å². The average Bonchev–Trinajstić information content (AvgIpc) is 3.13. The molecular formula is C12H19N3O. The number of nitrogens with zero attached hydrogens (tertiary/aromatic N) is 1. The molecule has 0 atom stereocenters. The van der Waals surface area contributed by atoms with Crippen molar-refractivity contribution in [3.8, 4) is 6.07 Å². The van der Waals surface area contributed by atoms with Gasteiger partial charge in [0.2, 0.25) is 5.91 Å². The fourth-order valence-corrected chi connectivity index (χ4v) is 1.88. The Morgan fingerprint density at radius 3 is 2.69 bits per heavy atom. The topological polar surface area (TPSA) is 64.9 Å². The van der Waals surface area contributed by atoms with E-state index in [-0.39, 0.29) is 11.3 Å². The van der Waals surface area contributed by atoms with E-state index in [0.29, 0.717) is 18.9 Å². The molecule has 0 radical (unpaired) electrons. The molecule has 0 aromatic heterocycles. The number of hydrogen-bond donors (Lipinski definition) is 2. The molecule has 0 spiro atoms. The Morgan fingerprint density at radius 2 is 2.12 bits per heavy atom. The first-order chi connectivity index (χ1) is 7.76. The third kappa shape index (κ3) is 3.21. The first-order valence-corrected chi connectivity index (χ1v) is 6.11. The van der Waals surface area contributed by atoms with Crippen molar-refractivity contribution in [2.24, 2.45) is 11.3 Å². The van der Waals surface area contributed by atoms with Crippen LogP contribution in [0.25, 0.3) is 0 Å². The van der Waals surface area contributed by atoms with Gasteiger partial charge in [-0.3, -0.25) is 4.79 Å². The second-order valence-electron chi connectivity index (χ2n) is 5.08. The molecule has 16 heavy (non-hydrogen) atoms. The summed E-state index contributed by atoms with van der Waals surface area (Å²) >= 11 is 0. The highest BCUT2D eigenvalue weighted by Gasteiger charge is 2.41. The van der Waals surface area contributed by atoms with Gasteiger partial charge in [-0.05, 0) is 31.1 Å². The number of carbonyl (C=O) groups excluding carboxylic acids is 1. The zero-order valence-corrected chi connectivity index (χ0v) is 9.59. The monoisotopic (exact) mass is 221 g/mol. The number of hydrogen-bond acceptors (Lipinski definition) is 3. The molecule has 0 aliphatic heterocycles. The Morgan fingerprint density at radius 1 is 1.38 bits per heavy atom. The quantitative estimate of drug-likeness (QED) is 0.625. The van der Waals surface area contributed by atoms with Crippen LogP contribution in [0.4, 0.5) is 0 Å². The molecule has 4 nitrogen and oxygen atoms in total. The summed E-state index contributed by atoms with van der Waals surface area (Å²) in [5, 5.41) is 14.9. The standard InChI is InChI=1S/C12H19N3O/c13-6-5-12(3-4-12)9-14-7-8-15-11(16)10-1-2-10/h10,14H,1-5,7-9H2,(H,15,16). The summed E-state index contributed by atoms with van der Waals surface area (Å²) in [6.45, 7) is 2.43. The maximum atomic E-state index is 11.3. The van der Waals surface area contributed by atoms with E-state index in [9.17, 15) is 4.79 Å². The van der Waals surface area contributed by atoms with Crippen LogP contribution in [0.2, 0.25) is 0 Å². The van der Waals surface area contributed by atoms with E-state index in [0.717, 1.165) is 25.9 Å². The lowest BCUT2D eigenvalue weighted by atomic mass is 10.0. The molecule has 4 heteroatoms. The molecule has 0 aromatic carbocycles. The van der Waals surface area contributed by atoms with Crippen molar-refractivity contribution in [2.45, 2.75) is 32.1 Å². The lowest BCUT2D eigenvalue weighted by Gasteiger charge is -2.12. The zero-order chi connectivity index (χ0) is 11.4. The molecule has 0 heterocycles. The maximum Gasteiger partial charge on any atom is 0.223 e. The van der Waals surface area contributed by atoms with Crippen LogP contribution in [0.5, 0.6) is 0 Å². The van der Waals surface area contributed by atoms with Crippen molar-refractivity contribution in [1.29, 1.82) is 5.26 Å². The van der Waals surface area contributed by atoms with Crippen LogP contribution in [0.3, 0.4) is 0 Å². The summed E-state index contributed by atoms with van der Waals surface area (Å²) in [6.07, 6.45) is 5.12. The lowest BCUT2D eigenvalue weighted by Crippen LogP contribution is -2.34. The third-order valence-corrected chi connectivity index (χ3v) is 3.46. The van der Waals surface area contributed by atoms with Gasteiger partial charge in [0, 0.05) is 32.0 Å². The second kappa shape index (κ2) is 4.84. The molecular weight excluding hydrogens is 202 g/mol. The van der Waals surface area contributed by atoms with E-state index in [1.54, 1.807) is 0 Å². The summed E-state index contributed by atoms with van der Waals surface area (Å²) in [6, 6.07) is 2.24. The summed E-state index contributed by atoms with van der Waals surface area (Å²) in [4.78, 5) is 11.3. The predicted octanol–water partition coefficient (Wildman–Crippen LogP) is 0.796. The van der Waals surface area contributed by atoms with Gasteiger partial charge in [-0.1, -0.05) is 0 Å². The molecule has 2 fully saturated rings. The normalized spacial score (nSPS) is 21.2.